The SMILES string of the molecule is c1ccc(CCCN2CCN=C2Cc2ccccc2)cc1. The van der Waals surface area contributed by atoms with Crippen LogP contribution in [0.15, 0.2) is 65.7 Å². The predicted molar refractivity (Wildman–Crippen MR) is 88.8 cm³/mol. The highest BCUT2D eigenvalue weighted by Gasteiger charge is 2.16. The molecule has 21 heavy (non-hydrogen) atoms. The molecule has 0 unspecified atom stereocenters. The van der Waals surface area contributed by atoms with Crippen LogP contribution in [0.3, 0.4) is 0 Å². The molecule has 3 rings (SSSR count). The van der Waals surface area contributed by atoms with E-state index in [1.165, 1.54) is 23.4 Å². The van der Waals surface area contributed by atoms with Crippen LogP contribution >= 0.6 is 0 Å². The fourth-order valence-electron chi connectivity index (χ4n) is 2.83. The molecule has 0 amide bonds. The zero-order valence-electron chi connectivity index (χ0n) is 12.4. The topological polar surface area (TPSA) is 15.6 Å². The van der Waals surface area contributed by atoms with Crippen molar-refractivity contribution >= 4 is 5.84 Å². The first-order chi connectivity index (χ1) is 10.4. The van der Waals surface area contributed by atoms with Gasteiger partial charge in [0.1, 0.15) is 5.84 Å². The van der Waals surface area contributed by atoms with Gasteiger partial charge in [0.25, 0.3) is 0 Å². The van der Waals surface area contributed by atoms with E-state index in [2.05, 4.69) is 70.6 Å². The average molecular weight is 278 g/mol. The number of hydrogen-bond donors (Lipinski definition) is 0. The Bertz CT molecular complexity index is 575. The zero-order valence-corrected chi connectivity index (χ0v) is 12.4. The number of benzene rings is 2. The van der Waals surface area contributed by atoms with Crippen LogP contribution in [0.25, 0.3) is 0 Å². The van der Waals surface area contributed by atoms with Crippen molar-refractivity contribution in [3.8, 4) is 0 Å². The molecule has 0 atom stereocenters. The molecule has 2 aromatic rings. The van der Waals surface area contributed by atoms with Crippen molar-refractivity contribution < 1.29 is 0 Å². The summed E-state index contributed by atoms with van der Waals surface area (Å²) in [5.41, 5.74) is 2.78. The Hall–Kier alpha value is -2.09. The second-order valence-corrected chi connectivity index (χ2v) is 5.54. The van der Waals surface area contributed by atoms with Crippen molar-refractivity contribution in [2.75, 3.05) is 19.6 Å². The monoisotopic (exact) mass is 278 g/mol. The van der Waals surface area contributed by atoms with Crippen molar-refractivity contribution in [2.24, 2.45) is 4.99 Å². The molecule has 0 saturated heterocycles. The van der Waals surface area contributed by atoms with Gasteiger partial charge in [-0.1, -0.05) is 60.7 Å². The average Bonchev–Trinajstić information content (AvgIpc) is 2.97. The summed E-state index contributed by atoms with van der Waals surface area (Å²) >= 11 is 0. The molecule has 2 aromatic carbocycles. The zero-order chi connectivity index (χ0) is 14.3. The first-order valence-electron chi connectivity index (χ1n) is 7.78. The molecule has 1 aliphatic heterocycles. The summed E-state index contributed by atoms with van der Waals surface area (Å²) in [6.45, 7) is 3.14. The van der Waals surface area contributed by atoms with Gasteiger partial charge in [-0.3, -0.25) is 4.99 Å². The van der Waals surface area contributed by atoms with E-state index in [-0.39, 0.29) is 0 Å². The number of nitrogens with zero attached hydrogens (tertiary/aromatic N) is 2. The third-order valence-corrected chi connectivity index (χ3v) is 3.97. The third-order valence-electron chi connectivity index (χ3n) is 3.97. The summed E-state index contributed by atoms with van der Waals surface area (Å²) in [5.74, 6) is 1.26. The van der Waals surface area contributed by atoms with Crippen molar-refractivity contribution in [3.63, 3.8) is 0 Å². The van der Waals surface area contributed by atoms with E-state index in [0.717, 1.165) is 32.5 Å². The van der Waals surface area contributed by atoms with Crippen molar-refractivity contribution in [1.29, 1.82) is 0 Å². The summed E-state index contributed by atoms with van der Waals surface area (Å²) in [7, 11) is 0. The molecule has 0 saturated carbocycles. The Morgan fingerprint density at radius 3 is 2.24 bits per heavy atom. The van der Waals surface area contributed by atoms with Crippen molar-refractivity contribution in [1.82, 2.24) is 4.90 Å². The van der Waals surface area contributed by atoms with Gasteiger partial charge in [0.05, 0.1) is 6.54 Å². The largest absolute Gasteiger partial charge is 0.358 e. The van der Waals surface area contributed by atoms with Crippen molar-refractivity contribution in [3.05, 3.63) is 71.8 Å². The minimum absolute atomic E-state index is 0.952. The van der Waals surface area contributed by atoms with Gasteiger partial charge in [-0.05, 0) is 24.0 Å². The number of amidine groups is 1. The summed E-state index contributed by atoms with van der Waals surface area (Å²) in [5, 5.41) is 0. The highest BCUT2D eigenvalue weighted by atomic mass is 15.2. The smallest absolute Gasteiger partial charge is 0.103 e. The summed E-state index contributed by atoms with van der Waals surface area (Å²) < 4.78 is 0. The summed E-state index contributed by atoms with van der Waals surface area (Å²) in [6, 6.07) is 21.4. The van der Waals surface area contributed by atoms with E-state index in [9.17, 15) is 0 Å². The Morgan fingerprint density at radius 1 is 0.857 bits per heavy atom. The molecule has 0 aromatic heterocycles. The summed E-state index contributed by atoms with van der Waals surface area (Å²) in [6.07, 6.45) is 3.31. The predicted octanol–water partition coefficient (Wildman–Crippen LogP) is 3.58. The maximum atomic E-state index is 4.68. The third kappa shape index (κ3) is 3.94. The normalized spacial score (nSPS) is 14.3. The van der Waals surface area contributed by atoms with Crippen LogP contribution in [0.1, 0.15) is 17.5 Å². The maximum Gasteiger partial charge on any atom is 0.103 e. The molecular formula is C19H22N2. The lowest BCUT2D eigenvalue weighted by Crippen LogP contribution is -2.30. The van der Waals surface area contributed by atoms with E-state index in [1.54, 1.807) is 0 Å². The van der Waals surface area contributed by atoms with Crippen LogP contribution in [-0.4, -0.2) is 30.4 Å². The number of aliphatic imine (C=N–C) groups is 1. The second kappa shape index (κ2) is 7.07. The lowest BCUT2D eigenvalue weighted by Gasteiger charge is -2.20. The molecule has 0 bridgehead atoms. The number of rotatable bonds is 6. The van der Waals surface area contributed by atoms with E-state index in [4.69, 9.17) is 0 Å². The van der Waals surface area contributed by atoms with Gasteiger partial charge < -0.3 is 4.90 Å². The standard InChI is InChI=1S/C19H22N2/c1-3-8-17(9-4-1)12-7-14-21-15-13-20-19(21)16-18-10-5-2-6-11-18/h1-6,8-11H,7,12-16H2. The molecule has 0 aliphatic carbocycles. The van der Waals surface area contributed by atoms with E-state index < -0.39 is 0 Å². The fourth-order valence-corrected chi connectivity index (χ4v) is 2.83. The lowest BCUT2D eigenvalue weighted by molar-refractivity contribution is 0.440. The Morgan fingerprint density at radius 2 is 1.52 bits per heavy atom. The first-order valence-corrected chi connectivity index (χ1v) is 7.78. The van der Waals surface area contributed by atoms with E-state index in [1.807, 2.05) is 0 Å². The van der Waals surface area contributed by atoms with Gasteiger partial charge >= 0.3 is 0 Å². The van der Waals surface area contributed by atoms with Crippen LogP contribution in [-0.2, 0) is 12.8 Å². The van der Waals surface area contributed by atoms with Crippen LogP contribution in [0, 0.1) is 0 Å². The minimum atomic E-state index is 0.952. The maximum absolute atomic E-state index is 4.68. The number of hydrogen-bond acceptors (Lipinski definition) is 2. The van der Waals surface area contributed by atoms with Gasteiger partial charge in [0.15, 0.2) is 0 Å². The van der Waals surface area contributed by atoms with Crippen LogP contribution < -0.4 is 0 Å². The highest BCUT2D eigenvalue weighted by molar-refractivity contribution is 5.85. The Labute approximate surface area is 127 Å². The van der Waals surface area contributed by atoms with Gasteiger partial charge in [-0.15, -0.1) is 0 Å². The van der Waals surface area contributed by atoms with E-state index in [0.29, 0.717) is 0 Å². The highest BCUT2D eigenvalue weighted by Crippen LogP contribution is 2.11. The molecule has 2 nitrogen and oxygen atoms in total. The van der Waals surface area contributed by atoms with Crippen LogP contribution in [0.5, 0.6) is 0 Å². The van der Waals surface area contributed by atoms with Crippen molar-refractivity contribution in [2.45, 2.75) is 19.3 Å². The second-order valence-electron chi connectivity index (χ2n) is 5.54. The van der Waals surface area contributed by atoms with E-state index >= 15 is 0 Å². The molecule has 0 fully saturated rings. The molecule has 2 heteroatoms. The Balaban J connectivity index is 1.50. The molecular weight excluding hydrogens is 256 g/mol. The van der Waals surface area contributed by atoms with Gasteiger partial charge in [-0.25, -0.2) is 0 Å². The molecule has 108 valence electrons. The first kappa shape index (κ1) is 13.9. The molecule has 0 radical (unpaired) electrons. The molecule has 0 N–H and O–H groups in total. The molecule has 0 spiro atoms. The minimum Gasteiger partial charge on any atom is -0.358 e. The van der Waals surface area contributed by atoms with Gasteiger partial charge in [-0.2, -0.15) is 0 Å². The van der Waals surface area contributed by atoms with Crippen LogP contribution in [0.2, 0.25) is 0 Å². The van der Waals surface area contributed by atoms with Gasteiger partial charge in [0.2, 0.25) is 0 Å². The molecule has 1 aliphatic rings. The van der Waals surface area contributed by atoms with Crippen LogP contribution in [0.4, 0.5) is 0 Å². The summed E-state index contributed by atoms with van der Waals surface area (Å²) in [4.78, 5) is 7.13. The number of aryl methyl sites for hydroxylation is 1. The Kier molecular flexibility index (Phi) is 4.67. The lowest BCUT2D eigenvalue weighted by atomic mass is 10.1. The molecule has 1 heterocycles. The van der Waals surface area contributed by atoms with Gasteiger partial charge in [0, 0.05) is 19.5 Å². The quantitative estimate of drug-likeness (QED) is 0.788. The fraction of sp³-hybridized carbons (Fsp3) is 0.316.